The number of benzene rings is 1. The van der Waals surface area contributed by atoms with Gasteiger partial charge in [0.25, 0.3) is 0 Å². The Labute approximate surface area is 111 Å². The molecule has 0 radical (unpaired) electrons. The number of hydrogen-bond donors (Lipinski definition) is 1. The van der Waals surface area contributed by atoms with Crippen molar-refractivity contribution in [2.24, 2.45) is 0 Å². The number of nitrogens with zero attached hydrogens (tertiary/aromatic N) is 1. The number of thiazole rings is 1. The monoisotopic (exact) mass is 260 g/mol. The van der Waals surface area contributed by atoms with E-state index in [2.05, 4.69) is 41.5 Å². The summed E-state index contributed by atoms with van der Waals surface area (Å²) in [6, 6.07) is 8.44. The van der Waals surface area contributed by atoms with Crippen LogP contribution in [0.4, 0.5) is 5.13 Å². The van der Waals surface area contributed by atoms with Crippen LogP contribution in [0.2, 0.25) is 0 Å². The van der Waals surface area contributed by atoms with E-state index in [1.807, 2.05) is 5.38 Å². The predicted octanol–water partition coefficient (Wildman–Crippen LogP) is 3.41. The summed E-state index contributed by atoms with van der Waals surface area (Å²) in [6.45, 7) is 2.07. The van der Waals surface area contributed by atoms with E-state index < -0.39 is 0 Å². The van der Waals surface area contributed by atoms with Crippen LogP contribution < -0.4 is 5.32 Å². The molecule has 0 bridgehead atoms. The first-order chi connectivity index (χ1) is 8.74. The van der Waals surface area contributed by atoms with E-state index in [1.54, 1.807) is 6.20 Å². The predicted molar refractivity (Wildman–Crippen MR) is 74.9 cm³/mol. The van der Waals surface area contributed by atoms with Crippen molar-refractivity contribution < 1.29 is 4.79 Å². The lowest BCUT2D eigenvalue weighted by Gasteiger charge is -2.03. The fourth-order valence-electron chi connectivity index (χ4n) is 1.67. The lowest BCUT2D eigenvalue weighted by atomic mass is 10.1. The molecule has 0 unspecified atom stereocenters. The Morgan fingerprint density at radius 3 is 2.78 bits per heavy atom. The zero-order valence-corrected chi connectivity index (χ0v) is 11.2. The van der Waals surface area contributed by atoms with Crippen LogP contribution in [0.15, 0.2) is 35.8 Å². The second-order valence-electron chi connectivity index (χ2n) is 4.22. The summed E-state index contributed by atoms with van der Waals surface area (Å²) in [5.74, 6) is 0.0389. The molecule has 0 atom stereocenters. The lowest BCUT2D eigenvalue weighted by Crippen LogP contribution is -2.11. The van der Waals surface area contributed by atoms with Crippen molar-refractivity contribution in [3.05, 3.63) is 47.0 Å². The number of anilines is 1. The van der Waals surface area contributed by atoms with Crippen LogP contribution in [0.1, 0.15) is 24.0 Å². The van der Waals surface area contributed by atoms with E-state index in [4.69, 9.17) is 0 Å². The summed E-state index contributed by atoms with van der Waals surface area (Å²) in [5.41, 5.74) is 2.54. The van der Waals surface area contributed by atoms with Crippen LogP contribution in [0.3, 0.4) is 0 Å². The van der Waals surface area contributed by atoms with Crippen molar-refractivity contribution in [2.75, 3.05) is 5.32 Å². The largest absolute Gasteiger partial charge is 0.302 e. The zero-order valence-electron chi connectivity index (χ0n) is 10.3. The molecule has 0 aliphatic rings. The van der Waals surface area contributed by atoms with Gasteiger partial charge in [-0.25, -0.2) is 4.98 Å². The van der Waals surface area contributed by atoms with Gasteiger partial charge in [0, 0.05) is 18.0 Å². The molecule has 4 heteroatoms. The smallest absolute Gasteiger partial charge is 0.226 e. The summed E-state index contributed by atoms with van der Waals surface area (Å²) >= 11 is 1.44. The third kappa shape index (κ3) is 3.96. The number of aromatic nitrogens is 1. The van der Waals surface area contributed by atoms with E-state index in [1.165, 1.54) is 22.5 Å². The van der Waals surface area contributed by atoms with Gasteiger partial charge in [0.05, 0.1) is 0 Å². The van der Waals surface area contributed by atoms with E-state index in [-0.39, 0.29) is 5.91 Å². The van der Waals surface area contributed by atoms with Gasteiger partial charge in [0.1, 0.15) is 0 Å². The number of rotatable bonds is 5. The van der Waals surface area contributed by atoms with Crippen LogP contribution in [-0.2, 0) is 11.2 Å². The molecule has 94 valence electrons. The lowest BCUT2D eigenvalue weighted by molar-refractivity contribution is -0.116. The van der Waals surface area contributed by atoms with Gasteiger partial charge < -0.3 is 5.32 Å². The molecule has 0 spiro atoms. The minimum atomic E-state index is 0.0389. The van der Waals surface area contributed by atoms with Crippen LogP contribution >= 0.6 is 11.3 Å². The fourth-order valence-corrected chi connectivity index (χ4v) is 2.22. The summed E-state index contributed by atoms with van der Waals surface area (Å²) < 4.78 is 0. The summed E-state index contributed by atoms with van der Waals surface area (Å²) in [7, 11) is 0. The highest BCUT2D eigenvalue weighted by Crippen LogP contribution is 2.12. The number of hydrogen-bond acceptors (Lipinski definition) is 3. The Hall–Kier alpha value is -1.68. The first kappa shape index (κ1) is 12.8. The van der Waals surface area contributed by atoms with Gasteiger partial charge in [-0.1, -0.05) is 29.8 Å². The Kier molecular flexibility index (Phi) is 4.47. The first-order valence-electron chi connectivity index (χ1n) is 5.99. The van der Waals surface area contributed by atoms with Crippen LogP contribution in [0, 0.1) is 6.92 Å². The highest BCUT2D eigenvalue weighted by atomic mass is 32.1. The van der Waals surface area contributed by atoms with Crippen LogP contribution in [0.5, 0.6) is 0 Å². The number of nitrogens with one attached hydrogen (secondary N) is 1. The standard InChI is InChI=1S/C14H16N2OS/c1-11-5-7-12(8-6-11)3-2-4-13(17)16-14-15-9-10-18-14/h5-10H,2-4H2,1H3,(H,15,16,17). The highest BCUT2D eigenvalue weighted by Gasteiger charge is 2.03. The molecule has 0 fully saturated rings. The Morgan fingerprint density at radius 2 is 2.11 bits per heavy atom. The molecule has 0 aliphatic heterocycles. The van der Waals surface area contributed by atoms with E-state index in [0.29, 0.717) is 11.6 Å². The second-order valence-corrected chi connectivity index (χ2v) is 5.12. The van der Waals surface area contributed by atoms with Crippen molar-refractivity contribution in [2.45, 2.75) is 26.2 Å². The average Bonchev–Trinajstić information content (AvgIpc) is 2.84. The Morgan fingerprint density at radius 1 is 1.33 bits per heavy atom. The van der Waals surface area contributed by atoms with E-state index in [9.17, 15) is 4.79 Å². The van der Waals surface area contributed by atoms with Gasteiger partial charge in [-0.3, -0.25) is 4.79 Å². The summed E-state index contributed by atoms with van der Waals surface area (Å²) in [5, 5.41) is 5.31. The highest BCUT2D eigenvalue weighted by molar-refractivity contribution is 7.13. The van der Waals surface area contributed by atoms with Gasteiger partial charge in [0.2, 0.25) is 5.91 Å². The number of carbonyl (C=O) groups excluding carboxylic acids is 1. The molecule has 1 aromatic heterocycles. The van der Waals surface area contributed by atoms with Crippen molar-refractivity contribution in [3.8, 4) is 0 Å². The van der Waals surface area contributed by atoms with Gasteiger partial charge in [-0.05, 0) is 25.3 Å². The normalized spacial score (nSPS) is 10.3. The molecule has 2 aromatic rings. The number of aryl methyl sites for hydroxylation is 2. The quantitative estimate of drug-likeness (QED) is 0.895. The van der Waals surface area contributed by atoms with Crippen molar-refractivity contribution in [1.82, 2.24) is 4.98 Å². The van der Waals surface area contributed by atoms with Gasteiger partial charge >= 0.3 is 0 Å². The molecule has 0 saturated carbocycles. The van der Waals surface area contributed by atoms with Gasteiger partial charge in [-0.15, -0.1) is 11.3 Å². The molecule has 3 nitrogen and oxygen atoms in total. The van der Waals surface area contributed by atoms with E-state index in [0.717, 1.165) is 12.8 Å². The zero-order chi connectivity index (χ0) is 12.8. The maximum Gasteiger partial charge on any atom is 0.226 e. The molecular formula is C14H16N2OS. The molecule has 0 aliphatic carbocycles. The summed E-state index contributed by atoms with van der Waals surface area (Å²) in [4.78, 5) is 15.6. The molecule has 1 heterocycles. The second kappa shape index (κ2) is 6.31. The summed E-state index contributed by atoms with van der Waals surface area (Å²) in [6.07, 6.45) is 4.02. The Balaban J connectivity index is 1.72. The molecule has 0 saturated heterocycles. The first-order valence-corrected chi connectivity index (χ1v) is 6.87. The molecular weight excluding hydrogens is 244 g/mol. The van der Waals surface area contributed by atoms with Crippen LogP contribution in [-0.4, -0.2) is 10.9 Å². The fraction of sp³-hybridized carbons (Fsp3) is 0.286. The SMILES string of the molecule is Cc1ccc(CCCC(=O)Nc2nccs2)cc1. The molecule has 1 amide bonds. The Bertz CT molecular complexity index is 491. The third-order valence-corrected chi connectivity index (χ3v) is 3.36. The maximum absolute atomic E-state index is 11.6. The van der Waals surface area contributed by atoms with Gasteiger partial charge in [0.15, 0.2) is 5.13 Å². The van der Waals surface area contributed by atoms with Crippen molar-refractivity contribution >= 4 is 22.4 Å². The van der Waals surface area contributed by atoms with Crippen molar-refractivity contribution in [1.29, 1.82) is 0 Å². The minimum Gasteiger partial charge on any atom is -0.302 e. The van der Waals surface area contributed by atoms with Crippen LogP contribution in [0.25, 0.3) is 0 Å². The number of carbonyl (C=O) groups is 1. The average molecular weight is 260 g/mol. The van der Waals surface area contributed by atoms with E-state index >= 15 is 0 Å². The van der Waals surface area contributed by atoms with Crippen molar-refractivity contribution in [3.63, 3.8) is 0 Å². The molecule has 1 aromatic carbocycles. The molecule has 18 heavy (non-hydrogen) atoms. The third-order valence-electron chi connectivity index (χ3n) is 2.67. The number of amides is 1. The molecule has 2 rings (SSSR count). The minimum absolute atomic E-state index is 0.0389. The maximum atomic E-state index is 11.6. The molecule has 1 N–H and O–H groups in total. The topological polar surface area (TPSA) is 42.0 Å². The van der Waals surface area contributed by atoms with Gasteiger partial charge in [-0.2, -0.15) is 0 Å².